The second-order valence-electron chi connectivity index (χ2n) is 4.09. The number of hydrogen-bond acceptors (Lipinski definition) is 3. The largest absolute Gasteiger partial charge is 0.303 e. The Morgan fingerprint density at radius 3 is 2.43 bits per heavy atom. The van der Waals surface area contributed by atoms with Crippen molar-refractivity contribution in [3.8, 4) is 0 Å². The molecule has 0 radical (unpaired) electrons. The Morgan fingerprint density at radius 1 is 1.29 bits per heavy atom. The molecule has 3 nitrogen and oxygen atoms in total. The van der Waals surface area contributed by atoms with E-state index in [9.17, 15) is 4.79 Å². The fourth-order valence-corrected chi connectivity index (χ4v) is 1.92. The zero-order valence-electron chi connectivity index (χ0n) is 9.41. The Bertz CT molecular complexity index is 165. The van der Waals surface area contributed by atoms with Gasteiger partial charge < -0.3 is 9.69 Å². The second-order valence-corrected chi connectivity index (χ2v) is 4.09. The maximum Gasteiger partial charge on any atom is 0.121 e. The summed E-state index contributed by atoms with van der Waals surface area (Å²) >= 11 is 0. The number of nitrogens with zero attached hydrogens (tertiary/aromatic N) is 2. The Balaban J connectivity index is 2.20. The summed E-state index contributed by atoms with van der Waals surface area (Å²) in [6, 6.07) is 0.711. The van der Waals surface area contributed by atoms with E-state index in [-0.39, 0.29) is 0 Å². The zero-order valence-corrected chi connectivity index (χ0v) is 9.41. The molecule has 1 saturated heterocycles. The van der Waals surface area contributed by atoms with Gasteiger partial charge in [-0.3, -0.25) is 4.90 Å². The SMILES string of the molecule is CCC(C)N1CCN(CCC=O)CC1. The summed E-state index contributed by atoms with van der Waals surface area (Å²) in [6.45, 7) is 10.0. The first-order valence-electron chi connectivity index (χ1n) is 5.68. The third-order valence-corrected chi connectivity index (χ3v) is 3.18. The van der Waals surface area contributed by atoms with Gasteiger partial charge in [-0.2, -0.15) is 0 Å². The quantitative estimate of drug-likeness (QED) is 0.616. The molecule has 1 unspecified atom stereocenters. The van der Waals surface area contributed by atoms with Crippen LogP contribution in [0.1, 0.15) is 26.7 Å². The van der Waals surface area contributed by atoms with E-state index in [1.54, 1.807) is 0 Å². The lowest BCUT2D eigenvalue weighted by atomic mass is 10.2. The summed E-state index contributed by atoms with van der Waals surface area (Å²) < 4.78 is 0. The van der Waals surface area contributed by atoms with Gasteiger partial charge in [0.25, 0.3) is 0 Å². The van der Waals surface area contributed by atoms with E-state index in [2.05, 4.69) is 23.6 Å². The maximum atomic E-state index is 10.2. The van der Waals surface area contributed by atoms with Gasteiger partial charge in [0.2, 0.25) is 0 Å². The summed E-state index contributed by atoms with van der Waals surface area (Å²) in [5.74, 6) is 0. The van der Waals surface area contributed by atoms with Crippen molar-refractivity contribution in [2.24, 2.45) is 0 Å². The number of rotatable bonds is 5. The van der Waals surface area contributed by atoms with Gasteiger partial charge >= 0.3 is 0 Å². The van der Waals surface area contributed by atoms with Gasteiger partial charge in [0, 0.05) is 45.2 Å². The summed E-state index contributed by atoms with van der Waals surface area (Å²) in [7, 11) is 0. The van der Waals surface area contributed by atoms with E-state index in [0.29, 0.717) is 12.5 Å². The molecule has 1 atom stereocenters. The van der Waals surface area contributed by atoms with Crippen molar-refractivity contribution in [3.63, 3.8) is 0 Å². The second kappa shape index (κ2) is 6.14. The highest BCUT2D eigenvalue weighted by Gasteiger charge is 2.19. The van der Waals surface area contributed by atoms with Crippen LogP contribution in [-0.4, -0.2) is 54.9 Å². The highest BCUT2D eigenvalue weighted by atomic mass is 16.1. The standard InChI is InChI=1S/C11H22N2O/c1-3-11(2)13-8-6-12(7-9-13)5-4-10-14/h10-11H,3-9H2,1-2H3. The highest BCUT2D eigenvalue weighted by Crippen LogP contribution is 2.08. The average Bonchev–Trinajstić information content (AvgIpc) is 2.26. The van der Waals surface area contributed by atoms with Crippen molar-refractivity contribution in [2.75, 3.05) is 32.7 Å². The van der Waals surface area contributed by atoms with Gasteiger partial charge in [-0.25, -0.2) is 0 Å². The van der Waals surface area contributed by atoms with Gasteiger partial charge in [0.1, 0.15) is 6.29 Å². The summed E-state index contributed by atoms with van der Waals surface area (Å²) in [5, 5.41) is 0. The van der Waals surface area contributed by atoms with Crippen LogP contribution in [0.4, 0.5) is 0 Å². The molecule has 0 N–H and O–H groups in total. The summed E-state index contributed by atoms with van der Waals surface area (Å²) in [6.07, 6.45) is 2.93. The molecule has 1 heterocycles. The molecular weight excluding hydrogens is 176 g/mol. The van der Waals surface area contributed by atoms with Crippen molar-refractivity contribution >= 4 is 6.29 Å². The lowest BCUT2D eigenvalue weighted by Crippen LogP contribution is -2.49. The molecule has 0 aromatic rings. The minimum absolute atomic E-state index is 0.684. The van der Waals surface area contributed by atoms with Crippen LogP contribution in [-0.2, 0) is 4.79 Å². The lowest BCUT2D eigenvalue weighted by molar-refractivity contribution is -0.108. The summed E-state index contributed by atoms with van der Waals surface area (Å²) in [5.41, 5.74) is 0. The number of carbonyl (C=O) groups is 1. The van der Waals surface area contributed by atoms with Crippen LogP contribution in [0.25, 0.3) is 0 Å². The molecule has 0 spiro atoms. The van der Waals surface area contributed by atoms with Crippen molar-refractivity contribution in [1.29, 1.82) is 0 Å². The first kappa shape index (κ1) is 11.7. The van der Waals surface area contributed by atoms with E-state index in [0.717, 1.165) is 39.0 Å². The molecule has 0 aromatic heterocycles. The van der Waals surface area contributed by atoms with Crippen molar-refractivity contribution < 1.29 is 4.79 Å². The molecule has 14 heavy (non-hydrogen) atoms. The van der Waals surface area contributed by atoms with Crippen LogP contribution < -0.4 is 0 Å². The fourth-order valence-electron chi connectivity index (χ4n) is 1.92. The van der Waals surface area contributed by atoms with Crippen LogP contribution in [0.15, 0.2) is 0 Å². The third kappa shape index (κ3) is 3.39. The first-order chi connectivity index (χ1) is 6.77. The Hall–Kier alpha value is -0.410. The number of aldehydes is 1. The smallest absolute Gasteiger partial charge is 0.121 e. The van der Waals surface area contributed by atoms with E-state index in [1.807, 2.05) is 0 Å². The molecular formula is C11H22N2O. The van der Waals surface area contributed by atoms with Crippen molar-refractivity contribution in [1.82, 2.24) is 9.80 Å². The molecule has 0 saturated carbocycles. The number of carbonyl (C=O) groups excluding carboxylic acids is 1. The molecule has 1 aliphatic heterocycles. The minimum Gasteiger partial charge on any atom is -0.303 e. The third-order valence-electron chi connectivity index (χ3n) is 3.18. The van der Waals surface area contributed by atoms with E-state index in [1.165, 1.54) is 6.42 Å². The highest BCUT2D eigenvalue weighted by molar-refractivity contribution is 5.49. The monoisotopic (exact) mass is 198 g/mol. The van der Waals surface area contributed by atoms with Crippen LogP contribution >= 0.6 is 0 Å². The predicted molar refractivity (Wildman–Crippen MR) is 58.4 cm³/mol. The lowest BCUT2D eigenvalue weighted by Gasteiger charge is -2.37. The predicted octanol–water partition coefficient (Wildman–Crippen LogP) is 0.991. The number of hydrogen-bond donors (Lipinski definition) is 0. The van der Waals surface area contributed by atoms with Gasteiger partial charge in [0.15, 0.2) is 0 Å². The average molecular weight is 198 g/mol. The van der Waals surface area contributed by atoms with Gasteiger partial charge in [0.05, 0.1) is 0 Å². The molecule has 0 bridgehead atoms. The zero-order chi connectivity index (χ0) is 10.4. The molecule has 1 fully saturated rings. The van der Waals surface area contributed by atoms with Gasteiger partial charge in [-0.1, -0.05) is 6.92 Å². The Labute approximate surface area is 87.1 Å². The van der Waals surface area contributed by atoms with Crippen LogP contribution in [0.2, 0.25) is 0 Å². The van der Waals surface area contributed by atoms with Crippen LogP contribution in [0, 0.1) is 0 Å². The Kier molecular flexibility index (Phi) is 5.12. The topological polar surface area (TPSA) is 23.6 Å². The molecule has 3 heteroatoms. The van der Waals surface area contributed by atoms with E-state index in [4.69, 9.17) is 0 Å². The van der Waals surface area contributed by atoms with E-state index < -0.39 is 0 Å². The van der Waals surface area contributed by atoms with Gasteiger partial charge in [-0.05, 0) is 13.3 Å². The number of piperazine rings is 1. The summed E-state index contributed by atoms with van der Waals surface area (Å²) in [4.78, 5) is 15.2. The minimum atomic E-state index is 0.684. The van der Waals surface area contributed by atoms with Crippen molar-refractivity contribution in [2.45, 2.75) is 32.7 Å². The Morgan fingerprint density at radius 2 is 1.93 bits per heavy atom. The molecule has 0 aromatic carbocycles. The molecule has 1 rings (SSSR count). The fraction of sp³-hybridized carbons (Fsp3) is 0.909. The maximum absolute atomic E-state index is 10.2. The first-order valence-corrected chi connectivity index (χ1v) is 5.68. The molecule has 82 valence electrons. The molecule has 0 amide bonds. The molecule has 1 aliphatic rings. The van der Waals surface area contributed by atoms with Crippen LogP contribution in [0.3, 0.4) is 0 Å². The van der Waals surface area contributed by atoms with Crippen molar-refractivity contribution in [3.05, 3.63) is 0 Å². The van der Waals surface area contributed by atoms with Crippen LogP contribution in [0.5, 0.6) is 0 Å². The molecule has 0 aliphatic carbocycles. The van der Waals surface area contributed by atoms with Gasteiger partial charge in [-0.15, -0.1) is 0 Å². The van der Waals surface area contributed by atoms with E-state index >= 15 is 0 Å². The normalized spacial score (nSPS) is 22.1.